The van der Waals surface area contributed by atoms with E-state index < -0.39 is 37.8 Å². The maximum atomic E-state index is 11.4. The molecule has 188 valence electrons. The first-order valence-electron chi connectivity index (χ1n) is 12.7. The Kier molecular flexibility index (Phi) is 6.67. The molecular formula is C26H50O5Si. The van der Waals surface area contributed by atoms with E-state index in [0.717, 1.165) is 32.1 Å². The molecule has 0 radical (unpaired) electrons. The van der Waals surface area contributed by atoms with Crippen LogP contribution in [-0.2, 0) is 9.16 Å². The SMILES string of the molecule is CC1(C)CCC[C@@]2(C)[C@@H]1[C@H](O)[C@H](O)[C@@]1(C)O[C@@](C)([C@H](O)CO[Si](C)(C)C(C)(C)C)CC[C@H]21. The van der Waals surface area contributed by atoms with Crippen molar-refractivity contribution in [3.63, 3.8) is 0 Å². The Morgan fingerprint density at radius 3 is 2.19 bits per heavy atom. The summed E-state index contributed by atoms with van der Waals surface area (Å²) in [5.41, 5.74) is -1.84. The van der Waals surface area contributed by atoms with Crippen LogP contribution in [0.1, 0.15) is 87.5 Å². The van der Waals surface area contributed by atoms with Crippen LogP contribution in [0.25, 0.3) is 0 Å². The Morgan fingerprint density at radius 2 is 1.62 bits per heavy atom. The van der Waals surface area contributed by atoms with E-state index in [1.54, 1.807) is 0 Å². The average molecular weight is 471 g/mol. The summed E-state index contributed by atoms with van der Waals surface area (Å²) >= 11 is 0. The number of aliphatic hydroxyl groups excluding tert-OH is 3. The van der Waals surface area contributed by atoms with Crippen molar-refractivity contribution in [2.75, 3.05) is 6.61 Å². The van der Waals surface area contributed by atoms with E-state index >= 15 is 0 Å². The quantitative estimate of drug-likeness (QED) is 0.510. The van der Waals surface area contributed by atoms with Crippen LogP contribution >= 0.6 is 0 Å². The van der Waals surface area contributed by atoms with Crippen molar-refractivity contribution in [3.8, 4) is 0 Å². The first-order valence-corrected chi connectivity index (χ1v) is 15.6. The van der Waals surface area contributed by atoms with Gasteiger partial charge in [0.2, 0.25) is 0 Å². The molecule has 1 aliphatic heterocycles. The lowest BCUT2D eigenvalue weighted by atomic mass is 9.43. The number of hydrogen-bond acceptors (Lipinski definition) is 5. The normalized spacial score (nSPS) is 45.7. The number of hydrogen-bond donors (Lipinski definition) is 3. The van der Waals surface area contributed by atoms with Crippen LogP contribution in [0.3, 0.4) is 0 Å². The topological polar surface area (TPSA) is 79.2 Å². The maximum Gasteiger partial charge on any atom is 0.192 e. The summed E-state index contributed by atoms with van der Waals surface area (Å²) in [5, 5.41) is 34.1. The van der Waals surface area contributed by atoms with Gasteiger partial charge in [-0.05, 0) is 80.3 Å². The summed E-state index contributed by atoms with van der Waals surface area (Å²) in [6.07, 6.45) is 2.25. The third-order valence-electron chi connectivity index (χ3n) is 10.3. The lowest BCUT2D eigenvalue weighted by Crippen LogP contribution is -2.74. The third kappa shape index (κ3) is 4.05. The van der Waals surface area contributed by atoms with Crippen molar-refractivity contribution in [2.45, 2.75) is 135 Å². The highest BCUT2D eigenvalue weighted by molar-refractivity contribution is 6.74. The molecule has 0 aromatic carbocycles. The van der Waals surface area contributed by atoms with Crippen molar-refractivity contribution in [1.82, 2.24) is 0 Å². The van der Waals surface area contributed by atoms with Gasteiger partial charge in [0.25, 0.3) is 0 Å². The van der Waals surface area contributed by atoms with Gasteiger partial charge in [0, 0.05) is 0 Å². The van der Waals surface area contributed by atoms with Crippen LogP contribution in [0.5, 0.6) is 0 Å². The molecule has 0 spiro atoms. The van der Waals surface area contributed by atoms with Gasteiger partial charge in [-0.1, -0.05) is 48.0 Å². The van der Waals surface area contributed by atoms with E-state index in [-0.39, 0.29) is 34.3 Å². The number of fused-ring (bicyclic) bond motifs is 3. The molecule has 3 fully saturated rings. The van der Waals surface area contributed by atoms with Gasteiger partial charge in [-0.25, -0.2) is 0 Å². The predicted octanol–water partition coefficient (Wildman–Crippen LogP) is 4.88. The first-order chi connectivity index (χ1) is 14.3. The second-order valence-corrected chi connectivity index (χ2v) is 18.8. The first kappa shape index (κ1) is 26.6. The van der Waals surface area contributed by atoms with Gasteiger partial charge >= 0.3 is 0 Å². The fourth-order valence-corrected chi connectivity index (χ4v) is 8.41. The molecule has 0 bridgehead atoms. The number of rotatable bonds is 4. The fraction of sp³-hybridized carbons (Fsp3) is 1.00. The summed E-state index contributed by atoms with van der Waals surface area (Å²) in [4.78, 5) is 0. The summed E-state index contributed by atoms with van der Waals surface area (Å²) in [6.45, 7) is 21.9. The molecule has 2 aliphatic carbocycles. The van der Waals surface area contributed by atoms with Crippen LogP contribution in [0.4, 0.5) is 0 Å². The molecule has 1 heterocycles. The van der Waals surface area contributed by atoms with E-state index in [9.17, 15) is 15.3 Å². The fourth-order valence-electron chi connectivity index (χ4n) is 7.40. The number of ether oxygens (including phenoxy) is 1. The van der Waals surface area contributed by atoms with Gasteiger partial charge in [-0.15, -0.1) is 0 Å². The zero-order valence-corrected chi connectivity index (χ0v) is 23.3. The Labute approximate surface area is 197 Å². The molecule has 8 atom stereocenters. The molecule has 2 saturated carbocycles. The van der Waals surface area contributed by atoms with E-state index in [1.807, 2.05) is 13.8 Å². The number of aliphatic hydroxyl groups is 3. The Bertz CT molecular complexity index is 703. The van der Waals surface area contributed by atoms with E-state index in [1.165, 1.54) is 0 Å². The molecule has 0 aromatic rings. The average Bonchev–Trinajstić information content (AvgIpc) is 2.62. The maximum absolute atomic E-state index is 11.4. The molecular weight excluding hydrogens is 420 g/mol. The minimum absolute atomic E-state index is 0.0218. The summed E-state index contributed by atoms with van der Waals surface area (Å²) in [5.74, 6) is 0.177. The Hall–Kier alpha value is 0.0169. The molecule has 0 unspecified atom stereocenters. The molecule has 5 nitrogen and oxygen atoms in total. The minimum atomic E-state index is -2.00. The van der Waals surface area contributed by atoms with Crippen LogP contribution in [0.15, 0.2) is 0 Å². The van der Waals surface area contributed by atoms with E-state index in [4.69, 9.17) is 9.16 Å². The van der Waals surface area contributed by atoms with Crippen molar-refractivity contribution in [1.29, 1.82) is 0 Å². The largest absolute Gasteiger partial charge is 0.414 e. The summed E-state index contributed by atoms with van der Waals surface area (Å²) < 4.78 is 13.0. The van der Waals surface area contributed by atoms with Crippen molar-refractivity contribution >= 4 is 8.32 Å². The molecule has 3 N–H and O–H groups in total. The molecule has 1 saturated heterocycles. The van der Waals surface area contributed by atoms with Crippen LogP contribution in [-0.4, -0.2) is 59.8 Å². The van der Waals surface area contributed by atoms with Crippen molar-refractivity contribution in [3.05, 3.63) is 0 Å². The second-order valence-electron chi connectivity index (χ2n) is 14.0. The summed E-state index contributed by atoms with van der Waals surface area (Å²) in [6, 6.07) is 0. The van der Waals surface area contributed by atoms with Gasteiger partial charge < -0.3 is 24.5 Å². The summed E-state index contributed by atoms with van der Waals surface area (Å²) in [7, 11) is -2.00. The van der Waals surface area contributed by atoms with Gasteiger partial charge in [-0.2, -0.15) is 0 Å². The second kappa shape index (κ2) is 8.02. The van der Waals surface area contributed by atoms with Crippen molar-refractivity contribution in [2.24, 2.45) is 22.7 Å². The third-order valence-corrected chi connectivity index (χ3v) is 14.8. The molecule has 3 aliphatic rings. The van der Waals surface area contributed by atoms with Gasteiger partial charge in [0.05, 0.1) is 23.9 Å². The highest BCUT2D eigenvalue weighted by atomic mass is 28.4. The van der Waals surface area contributed by atoms with Crippen LogP contribution in [0.2, 0.25) is 18.1 Å². The standard InChI is InChI=1S/C26H50O5Si/c1-22(2,3)32(9,10)30-16-18(27)25(7)15-12-17-24(6)14-11-13-23(4,5)20(24)19(28)21(29)26(17,8)31-25/h17-21,27-29H,11-16H2,1-10H3/t17-,18-,19+,20-,21+,24-,25-,26+/m1/s1. The van der Waals surface area contributed by atoms with Gasteiger partial charge in [0.1, 0.15) is 12.2 Å². The van der Waals surface area contributed by atoms with Crippen molar-refractivity contribution < 1.29 is 24.5 Å². The van der Waals surface area contributed by atoms with E-state index in [2.05, 4.69) is 54.6 Å². The van der Waals surface area contributed by atoms with Crippen LogP contribution in [0, 0.1) is 22.7 Å². The zero-order valence-electron chi connectivity index (χ0n) is 22.3. The molecule has 32 heavy (non-hydrogen) atoms. The molecule has 0 amide bonds. The highest BCUT2D eigenvalue weighted by Gasteiger charge is 2.68. The highest BCUT2D eigenvalue weighted by Crippen LogP contribution is 2.65. The zero-order chi connectivity index (χ0) is 24.5. The molecule has 6 heteroatoms. The lowest BCUT2D eigenvalue weighted by molar-refractivity contribution is -0.339. The smallest absolute Gasteiger partial charge is 0.192 e. The van der Waals surface area contributed by atoms with Gasteiger partial charge in [-0.3, -0.25) is 0 Å². The minimum Gasteiger partial charge on any atom is -0.414 e. The lowest BCUT2D eigenvalue weighted by Gasteiger charge is -2.68. The monoisotopic (exact) mass is 470 g/mol. The van der Waals surface area contributed by atoms with Gasteiger partial charge in [0.15, 0.2) is 8.32 Å². The van der Waals surface area contributed by atoms with Crippen LogP contribution < -0.4 is 0 Å². The Balaban J connectivity index is 1.85. The Morgan fingerprint density at radius 1 is 1.03 bits per heavy atom. The van der Waals surface area contributed by atoms with E-state index in [0.29, 0.717) is 0 Å². The predicted molar refractivity (Wildman–Crippen MR) is 131 cm³/mol. The molecule has 0 aromatic heterocycles. The molecule has 3 rings (SSSR count).